The molecule has 1 atom stereocenters. The number of fused-ring (bicyclic) bond motifs is 3. The molecule has 4 rings (SSSR count). The predicted octanol–water partition coefficient (Wildman–Crippen LogP) is 4.80. The zero-order valence-electron chi connectivity index (χ0n) is 20.6. The van der Waals surface area contributed by atoms with Gasteiger partial charge in [0.15, 0.2) is 0 Å². The van der Waals surface area contributed by atoms with E-state index in [0.29, 0.717) is 12.8 Å². The van der Waals surface area contributed by atoms with E-state index in [1.165, 1.54) is 11.9 Å². The number of carboxylic acid groups (broad SMARTS) is 1. The maximum atomic E-state index is 13.4. The summed E-state index contributed by atoms with van der Waals surface area (Å²) in [6.07, 6.45) is 2.63. The highest BCUT2D eigenvalue weighted by Crippen LogP contribution is 2.44. The van der Waals surface area contributed by atoms with Crippen LogP contribution in [0.1, 0.15) is 63.0 Å². The van der Waals surface area contributed by atoms with E-state index in [1.54, 1.807) is 0 Å². The Morgan fingerprint density at radius 3 is 2.06 bits per heavy atom. The van der Waals surface area contributed by atoms with Crippen LogP contribution in [0.3, 0.4) is 0 Å². The zero-order valence-corrected chi connectivity index (χ0v) is 20.6. The third-order valence-electron chi connectivity index (χ3n) is 7.60. The van der Waals surface area contributed by atoms with Crippen molar-refractivity contribution in [2.75, 3.05) is 13.7 Å². The molecule has 0 aliphatic heterocycles. The fraction of sp³-hybridized carbons (Fsp3) is 0.464. The van der Waals surface area contributed by atoms with E-state index in [-0.39, 0.29) is 18.4 Å². The molecule has 2 aromatic carbocycles. The van der Waals surface area contributed by atoms with Gasteiger partial charge >= 0.3 is 12.1 Å². The number of carbonyl (C=O) groups excluding carboxylic acids is 2. The molecule has 2 aliphatic carbocycles. The molecule has 0 aromatic heterocycles. The van der Waals surface area contributed by atoms with Gasteiger partial charge in [-0.1, -0.05) is 81.6 Å². The number of aliphatic carboxylic acids is 1. The third-order valence-corrected chi connectivity index (χ3v) is 7.60. The molecule has 1 fully saturated rings. The lowest BCUT2D eigenvalue weighted by atomic mass is 9.80. The second kappa shape index (κ2) is 10.1. The number of likely N-dealkylation sites (N-methyl/N-ethyl adjacent to an activating group) is 1. The van der Waals surface area contributed by atoms with E-state index in [1.807, 2.05) is 50.2 Å². The van der Waals surface area contributed by atoms with Crippen molar-refractivity contribution in [3.05, 3.63) is 59.7 Å². The molecule has 2 amide bonds. The average Bonchev–Trinajstić information content (AvgIpc) is 3.19. The van der Waals surface area contributed by atoms with E-state index >= 15 is 0 Å². The summed E-state index contributed by atoms with van der Waals surface area (Å²) in [6, 6.07) is 15.3. The summed E-state index contributed by atoms with van der Waals surface area (Å²) in [7, 11) is 1.54. The molecule has 0 unspecified atom stereocenters. The van der Waals surface area contributed by atoms with Crippen LogP contribution < -0.4 is 5.32 Å². The maximum Gasteiger partial charge on any atom is 0.407 e. The topological polar surface area (TPSA) is 95.9 Å². The molecule has 1 saturated carbocycles. The summed E-state index contributed by atoms with van der Waals surface area (Å²) in [5.74, 6) is -1.71. The summed E-state index contributed by atoms with van der Waals surface area (Å²) in [5.41, 5.74) is 3.27. The third kappa shape index (κ3) is 4.64. The number of rotatable bonds is 7. The number of hydrogen-bond acceptors (Lipinski definition) is 4. The molecular formula is C28H34N2O5. The molecule has 0 heterocycles. The number of nitrogens with one attached hydrogen (secondary N) is 1. The van der Waals surface area contributed by atoms with Gasteiger partial charge in [0, 0.05) is 13.0 Å². The van der Waals surface area contributed by atoms with Crippen LogP contribution in [0.4, 0.5) is 4.79 Å². The quantitative estimate of drug-likeness (QED) is 0.596. The van der Waals surface area contributed by atoms with Gasteiger partial charge in [-0.25, -0.2) is 9.59 Å². The van der Waals surface area contributed by atoms with Gasteiger partial charge < -0.3 is 20.1 Å². The van der Waals surface area contributed by atoms with Gasteiger partial charge in [-0.3, -0.25) is 4.79 Å². The highest BCUT2D eigenvalue weighted by atomic mass is 16.5. The van der Waals surface area contributed by atoms with Crippen molar-refractivity contribution in [2.24, 2.45) is 5.92 Å². The van der Waals surface area contributed by atoms with Crippen LogP contribution in [-0.4, -0.2) is 53.2 Å². The number of alkyl carbamates (subject to hydrolysis) is 1. The Morgan fingerprint density at radius 2 is 1.54 bits per heavy atom. The van der Waals surface area contributed by atoms with Crippen molar-refractivity contribution >= 4 is 18.0 Å². The van der Waals surface area contributed by atoms with E-state index in [4.69, 9.17) is 4.74 Å². The van der Waals surface area contributed by atoms with Crippen molar-refractivity contribution < 1.29 is 24.2 Å². The second-order valence-electron chi connectivity index (χ2n) is 9.99. The van der Waals surface area contributed by atoms with Crippen LogP contribution in [0, 0.1) is 5.92 Å². The second-order valence-corrected chi connectivity index (χ2v) is 9.99. The van der Waals surface area contributed by atoms with Crippen LogP contribution in [-0.2, 0) is 14.3 Å². The lowest BCUT2D eigenvalue weighted by Gasteiger charge is -2.42. The van der Waals surface area contributed by atoms with Crippen LogP contribution in [0.5, 0.6) is 0 Å². The first-order valence-electron chi connectivity index (χ1n) is 12.4. The SMILES string of the molecule is CC(C)[C@@H](NC(=O)OCC1c2ccccc2-c2ccccc21)C(=O)N(C)C1(C(=O)O)CCCCC1. The maximum absolute atomic E-state index is 13.4. The summed E-state index contributed by atoms with van der Waals surface area (Å²) in [6.45, 7) is 3.80. The largest absolute Gasteiger partial charge is 0.479 e. The number of hydrogen-bond donors (Lipinski definition) is 2. The molecule has 186 valence electrons. The molecule has 2 N–H and O–H groups in total. The smallest absolute Gasteiger partial charge is 0.407 e. The van der Waals surface area contributed by atoms with Gasteiger partial charge in [0.1, 0.15) is 18.2 Å². The molecule has 0 saturated heterocycles. The minimum absolute atomic E-state index is 0.0819. The Kier molecular flexibility index (Phi) is 7.15. The van der Waals surface area contributed by atoms with Crippen molar-refractivity contribution in [1.29, 1.82) is 0 Å². The van der Waals surface area contributed by atoms with E-state index in [0.717, 1.165) is 41.5 Å². The standard InChI is InChI=1S/C28H34N2O5/c1-18(2)24(25(31)30(3)28(26(32)33)15-9-4-10-16-28)29-27(34)35-17-23-21-13-7-5-11-19(21)20-12-6-8-14-22(20)23/h5-8,11-14,18,23-24H,4,9-10,15-17H2,1-3H3,(H,29,34)(H,32,33)/t24-/m1/s1. The summed E-state index contributed by atoms with van der Waals surface area (Å²) >= 11 is 0. The number of amides is 2. The Morgan fingerprint density at radius 1 is 1.00 bits per heavy atom. The molecule has 2 aromatic rings. The van der Waals surface area contributed by atoms with E-state index in [2.05, 4.69) is 17.4 Å². The zero-order chi connectivity index (χ0) is 25.2. The number of carboxylic acids is 1. The first-order chi connectivity index (χ1) is 16.8. The Hall–Kier alpha value is -3.35. The summed E-state index contributed by atoms with van der Waals surface area (Å²) in [4.78, 5) is 39.8. The normalized spacial score (nSPS) is 17.3. The molecule has 0 radical (unpaired) electrons. The van der Waals surface area contributed by atoms with Crippen molar-refractivity contribution in [2.45, 2.75) is 63.5 Å². The Balaban J connectivity index is 1.45. The molecule has 7 nitrogen and oxygen atoms in total. The van der Waals surface area contributed by atoms with Crippen molar-refractivity contribution in [3.8, 4) is 11.1 Å². The average molecular weight is 479 g/mol. The van der Waals surface area contributed by atoms with Crippen LogP contribution in [0.15, 0.2) is 48.5 Å². The van der Waals surface area contributed by atoms with Gasteiger partial charge in [-0.05, 0) is 41.0 Å². The molecule has 7 heteroatoms. The lowest BCUT2D eigenvalue weighted by Crippen LogP contribution is -2.61. The Labute approximate surface area is 206 Å². The molecule has 2 aliphatic rings. The monoisotopic (exact) mass is 478 g/mol. The minimum atomic E-state index is -1.23. The lowest BCUT2D eigenvalue weighted by molar-refractivity contribution is -0.161. The van der Waals surface area contributed by atoms with Crippen LogP contribution in [0.2, 0.25) is 0 Å². The van der Waals surface area contributed by atoms with E-state index < -0.39 is 29.6 Å². The highest BCUT2D eigenvalue weighted by molar-refractivity contribution is 5.91. The molecule has 35 heavy (non-hydrogen) atoms. The fourth-order valence-electron chi connectivity index (χ4n) is 5.53. The summed E-state index contributed by atoms with van der Waals surface area (Å²) < 4.78 is 5.63. The first kappa shape index (κ1) is 24.8. The summed E-state index contributed by atoms with van der Waals surface area (Å²) in [5, 5.41) is 12.7. The van der Waals surface area contributed by atoms with Crippen LogP contribution in [0.25, 0.3) is 11.1 Å². The number of ether oxygens (including phenoxy) is 1. The fourth-order valence-corrected chi connectivity index (χ4v) is 5.53. The molecule has 0 spiro atoms. The van der Waals surface area contributed by atoms with Crippen molar-refractivity contribution in [1.82, 2.24) is 10.2 Å². The van der Waals surface area contributed by atoms with Gasteiger partial charge in [-0.2, -0.15) is 0 Å². The molecular weight excluding hydrogens is 444 g/mol. The van der Waals surface area contributed by atoms with Gasteiger partial charge in [-0.15, -0.1) is 0 Å². The van der Waals surface area contributed by atoms with Crippen LogP contribution >= 0.6 is 0 Å². The van der Waals surface area contributed by atoms with Crippen molar-refractivity contribution in [3.63, 3.8) is 0 Å². The van der Waals surface area contributed by atoms with E-state index in [9.17, 15) is 19.5 Å². The van der Waals surface area contributed by atoms with Gasteiger partial charge in [0.05, 0.1) is 0 Å². The number of benzene rings is 2. The minimum Gasteiger partial charge on any atom is -0.479 e. The Bertz CT molecular complexity index is 1060. The first-order valence-corrected chi connectivity index (χ1v) is 12.4. The predicted molar refractivity (Wildman–Crippen MR) is 133 cm³/mol. The highest BCUT2D eigenvalue weighted by Gasteiger charge is 2.47. The molecule has 0 bridgehead atoms. The van der Waals surface area contributed by atoms with Gasteiger partial charge in [0.2, 0.25) is 5.91 Å². The number of carbonyl (C=O) groups is 3. The van der Waals surface area contributed by atoms with Gasteiger partial charge in [0.25, 0.3) is 0 Å². The number of nitrogens with zero attached hydrogens (tertiary/aromatic N) is 1.